The van der Waals surface area contributed by atoms with Gasteiger partial charge in [0.25, 0.3) is 11.8 Å². The lowest BCUT2D eigenvalue weighted by Crippen LogP contribution is -2.20. The molecular weight excluding hydrogens is 565 g/mol. The van der Waals surface area contributed by atoms with Crippen molar-refractivity contribution in [1.29, 1.82) is 0 Å². The topological polar surface area (TPSA) is 108 Å². The number of nitrogens with one attached hydrogen (secondary N) is 3. The van der Waals surface area contributed by atoms with Crippen LogP contribution in [0, 0.1) is 3.57 Å². The lowest BCUT2D eigenvalue weighted by atomic mass is 10.2. The molecule has 10 heteroatoms. The quantitative estimate of drug-likeness (QED) is 0.117. The van der Waals surface area contributed by atoms with Gasteiger partial charge in [0, 0.05) is 3.57 Å². The molecule has 0 bridgehead atoms. The van der Waals surface area contributed by atoms with Crippen LogP contribution in [0.25, 0.3) is 11.0 Å². The number of amides is 2. The summed E-state index contributed by atoms with van der Waals surface area (Å²) in [7, 11) is 0. The first-order chi connectivity index (χ1) is 16.6. The van der Waals surface area contributed by atoms with Gasteiger partial charge in [0.1, 0.15) is 5.75 Å². The zero-order valence-corrected chi connectivity index (χ0v) is 20.8. The summed E-state index contributed by atoms with van der Waals surface area (Å²) in [5.74, 6) is 0.272. The summed E-state index contributed by atoms with van der Waals surface area (Å²) >= 11 is 3.47. The van der Waals surface area contributed by atoms with E-state index < -0.39 is 0 Å². The SMILES string of the molecule is O=C(CSc1nc2ccccc2[nH]1)N/N=C\c1ccc(OCC(=O)Nc2ccccc2I)cc1. The second-order valence-electron chi connectivity index (χ2n) is 7.03. The van der Waals surface area contributed by atoms with Crippen LogP contribution in [0.2, 0.25) is 0 Å². The Morgan fingerprint density at radius 2 is 1.79 bits per heavy atom. The van der Waals surface area contributed by atoms with Crippen molar-refractivity contribution in [2.45, 2.75) is 5.16 Å². The van der Waals surface area contributed by atoms with E-state index in [-0.39, 0.29) is 24.2 Å². The van der Waals surface area contributed by atoms with Crippen LogP contribution in [0.3, 0.4) is 0 Å². The molecule has 8 nitrogen and oxygen atoms in total. The third-order valence-corrected chi connectivity index (χ3v) is 6.32. The molecule has 0 atom stereocenters. The second-order valence-corrected chi connectivity index (χ2v) is 9.15. The van der Waals surface area contributed by atoms with Gasteiger partial charge in [-0.05, 0) is 76.7 Å². The van der Waals surface area contributed by atoms with Crippen molar-refractivity contribution in [2.24, 2.45) is 5.10 Å². The number of anilines is 1. The number of rotatable bonds is 9. The molecule has 0 saturated carbocycles. The minimum Gasteiger partial charge on any atom is -0.484 e. The van der Waals surface area contributed by atoms with Gasteiger partial charge < -0.3 is 15.0 Å². The van der Waals surface area contributed by atoms with Crippen LogP contribution in [-0.2, 0) is 9.59 Å². The van der Waals surface area contributed by atoms with Gasteiger partial charge >= 0.3 is 0 Å². The first-order valence-electron chi connectivity index (χ1n) is 10.2. The zero-order chi connectivity index (χ0) is 23.8. The molecule has 0 unspecified atom stereocenters. The number of aromatic amines is 1. The summed E-state index contributed by atoms with van der Waals surface area (Å²) in [6.07, 6.45) is 1.54. The van der Waals surface area contributed by atoms with E-state index >= 15 is 0 Å². The average Bonchev–Trinajstić information content (AvgIpc) is 3.27. The first-order valence-corrected chi connectivity index (χ1v) is 12.3. The number of nitrogens with zero attached hydrogens (tertiary/aromatic N) is 2. The fourth-order valence-electron chi connectivity index (χ4n) is 2.89. The number of hydrazone groups is 1. The number of hydrogen-bond acceptors (Lipinski definition) is 6. The predicted octanol–water partition coefficient (Wildman–Crippen LogP) is 4.43. The molecule has 4 aromatic rings. The van der Waals surface area contributed by atoms with E-state index in [9.17, 15) is 9.59 Å². The minimum absolute atomic E-state index is 0.0998. The van der Waals surface area contributed by atoms with Crippen LogP contribution in [0.15, 0.2) is 83.1 Å². The molecule has 0 fully saturated rings. The number of aromatic nitrogens is 2. The molecule has 3 N–H and O–H groups in total. The molecule has 1 aromatic heterocycles. The maximum atomic E-state index is 12.1. The van der Waals surface area contributed by atoms with Gasteiger partial charge in [-0.2, -0.15) is 5.10 Å². The standard InChI is InChI=1S/C24H20IN5O3S/c25-18-5-1-2-6-19(18)27-22(31)14-33-17-11-9-16(10-12-17)13-26-30-23(32)15-34-24-28-20-7-3-4-8-21(20)29-24/h1-13H,14-15H2,(H,27,31)(H,28,29)(H,30,32)/b26-13-. The molecule has 1 heterocycles. The number of carbonyl (C=O) groups excluding carboxylic acids is 2. The van der Waals surface area contributed by atoms with Crippen molar-refractivity contribution in [2.75, 3.05) is 17.7 Å². The Morgan fingerprint density at radius 3 is 2.59 bits per heavy atom. The van der Waals surface area contributed by atoms with Gasteiger partial charge in [0.15, 0.2) is 11.8 Å². The Balaban J connectivity index is 1.19. The number of H-pyrrole nitrogens is 1. The zero-order valence-electron chi connectivity index (χ0n) is 17.8. The summed E-state index contributed by atoms with van der Waals surface area (Å²) in [5.41, 5.74) is 5.83. The number of imidazole rings is 1. The van der Waals surface area contributed by atoms with Gasteiger partial charge in [-0.3, -0.25) is 9.59 Å². The van der Waals surface area contributed by atoms with Crippen molar-refractivity contribution >= 4 is 69.1 Å². The van der Waals surface area contributed by atoms with Gasteiger partial charge in [-0.25, -0.2) is 10.4 Å². The summed E-state index contributed by atoms with van der Waals surface area (Å²) in [6, 6.07) is 22.3. The van der Waals surface area contributed by atoms with Crippen LogP contribution in [-0.4, -0.2) is 40.4 Å². The largest absolute Gasteiger partial charge is 0.484 e. The molecule has 0 aliphatic heterocycles. The molecule has 172 valence electrons. The van der Waals surface area contributed by atoms with Crippen molar-refractivity contribution in [3.63, 3.8) is 0 Å². The Bertz CT molecular complexity index is 1290. The molecule has 34 heavy (non-hydrogen) atoms. The number of carbonyl (C=O) groups is 2. The highest BCUT2D eigenvalue weighted by Gasteiger charge is 2.07. The third-order valence-electron chi connectivity index (χ3n) is 4.51. The highest BCUT2D eigenvalue weighted by Crippen LogP contribution is 2.19. The van der Waals surface area contributed by atoms with Gasteiger partial charge in [0.2, 0.25) is 0 Å². The minimum atomic E-state index is -0.238. The monoisotopic (exact) mass is 585 g/mol. The third kappa shape index (κ3) is 6.81. The Kier molecular flexibility index (Phi) is 8.15. The van der Waals surface area contributed by atoms with Gasteiger partial charge in [0.05, 0.1) is 28.7 Å². The molecule has 0 saturated heterocycles. The second kappa shape index (κ2) is 11.7. The number of fused-ring (bicyclic) bond motifs is 1. The van der Waals surface area contributed by atoms with E-state index in [4.69, 9.17) is 4.74 Å². The van der Waals surface area contributed by atoms with E-state index in [1.165, 1.54) is 18.0 Å². The average molecular weight is 585 g/mol. The van der Waals surface area contributed by atoms with Crippen LogP contribution < -0.4 is 15.5 Å². The molecule has 0 aliphatic carbocycles. The number of halogens is 1. The summed E-state index contributed by atoms with van der Waals surface area (Å²) < 4.78 is 6.49. The first kappa shape index (κ1) is 23.8. The summed E-state index contributed by atoms with van der Waals surface area (Å²) in [6.45, 7) is -0.0998. The molecule has 0 spiro atoms. The fourth-order valence-corrected chi connectivity index (χ4v) is 4.09. The highest BCUT2D eigenvalue weighted by atomic mass is 127. The summed E-state index contributed by atoms with van der Waals surface area (Å²) in [5, 5.41) is 7.48. The maximum Gasteiger partial charge on any atom is 0.262 e. The molecule has 0 radical (unpaired) electrons. The molecular formula is C24H20IN5O3S. The normalized spacial score (nSPS) is 11.0. The molecule has 4 rings (SSSR count). The van der Waals surface area contributed by atoms with E-state index in [0.717, 1.165) is 25.9 Å². The predicted molar refractivity (Wildman–Crippen MR) is 142 cm³/mol. The highest BCUT2D eigenvalue weighted by molar-refractivity contribution is 14.1. The van der Waals surface area contributed by atoms with E-state index in [1.807, 2.05) is 48.5 Å². The van der Waals surface area contributed by atoms with Crippen molar-refractivity contribution in [3.05, 3.63) is 81.9 Å². The van der Waals surface area contributed by atoms with E-state index in [2.05, 4.69) is 48.4 Å². The smallest absolute Gasteiger partial charge is 0.262 e. The number of hydrogen-bond donors (Lipinski definition) is 3. The Morgan fingerprint density at radius 1 is 1.03 bits per heavy atom. The van der Waals surface area contributed by atoms with Crippen LogP contribution in [0.4, 0.5) is 5.69 Å². The van der Waals surface area contributed by atoms with Crippen LogP contribution in [0.1, 0.15) is 5.56 Å². The van der Waals surface area contributed by atoms with E-state index in [0.29, 0.717) is 10.9 Å². The number of ether oxygens (including phenoxy) is 1. The van der Waals surface area contributed by atoms with Gasteiger partial charge in [-0.15, -0.1) is 0 Å². The fraction of sp³-hybridized carbons (Fsp3) is 0.0833. The number of benzene rings is 3. The lowest BCUT2D eigenvalue weighted by Gasteiger charge is -2.09. The Labute approximate surface area is 213 Å². The van der Waals surface area contributed by atoms with Crippen molar-refractivity contribution in [3.8, 4) is 5.75 Å². The number of thioether (sulfide) groups is 1. The van der Waals surface area contributed by atoms with Crippen molar-refractivity contribution < 1.29 is 14.3 Å². The summed E-state index contributed by atoms with van der Waals surface area (Å²) in [4.78, 5) is 31.7. The maximum absolute atomic E-state index is 12.1. The van der Waals surface area contributed by atoms with Crippen molar-refractivity contribution in [1.82, 2.24) is 15.4 Å². The Hall–Kier alpha value is -3.38. The van der Waals surface area contributed by atoms with Crippen LogP contribution in [0.5, 0.6) is 5.75 Å². The molecule has 2 amide bonds. The number of para-hydroxylation sites is 3. The molecule has 3 aromatic carbocycles. The molecule has 0 aliphatic rings. The lowest BCUT2D eigenvalue weighted by molar-refractivity contribution is -0.119. The van der Waals surface area contributed by atoms with E-state index in [1.54, 1.807) is 24.3 Å². The van der Waals surface area contributed by atoms with Crippen LogP contribution >= 0.6 is 34.4 Å². The van der Waals surface area contributed by atoms with Gasteiger partial charge in [-0.1, -0.05) is 36.0 Å².